The van der Waals surface area contributed by atoms with Gasteiger partial charge in [0.25, 0.3) is 0 Å². The smallest absolute Gasteiger partial charge is 0.337 e. The number of methoxy groups -OCH3 is 1. The lowest BCUT2D eigenvalue weighted by atomic mass is 9.83. The number of allylic oxidation sites excluding steroid dienone is 1. The molecule has 0 unspecified atom stereocenters. The Hall–Kier alpha value is -2.94. The van der Waals surface area contributed by atoms with Crippen LogP contribution >= 0.6 is 0 Å². The molecule has 0 aromatic heterocycles. The van der Waals surface area contributed by atoms with E-state index in [0.717, 1.165) is 6.92 Å². The van der Waals surface area contributed by atoms with E-state index in [2.05, 4.69) is 6.58 Å². The molecule has 9 nitrogen and oxygen atoms in total. The van der Waals surface area contributed by atoms with Gasteiger partial charge < -0.3 is 24.1 Å². The Morgan fingerprint density at radius 3 is 2.52 bits per heavy atom. The molecule has 0 saturated carbocycles. The summed E-state index contributed by atoms with van der Waals surface area (Å²) in [7, 11) is 1.17. The van der Waals surface area contributed by atoms with Crippen LogP contribution in [-0.4, -0.2) is 61.0 Å². The summed E-state index contributed by atoms with van der Waals surface area (Å²) in [5.41, 5.74) is 0.532. The fourth-order valence-electron chi connectivity index (χ4n) is 3.50. The van der Waals surface area contributed by atoms with Gasteiger partial charge in [-0.25, -0.2) is 9.59 Å². The van der Waals surface area contributed by atoms with Crippen LogP contribution in [0.25, 0.3) is 0 Å². The summed E-state index contributed by atoms with van der Waals surface area (Å²) in [4.78, 5) is 49.3. The van der Waals surface area contributed by atoms with E-state index in [1.54, 1.807) is 19.9 Å². The average molecular weight is 436 g/mol. The van der Waals surface area contributed by atoms with Gasteiger partial charge in [0.1, 0.15) is 6.10 Å². The number of aliphatic hydroxyl groups excluding tert-OH is 1. The van der Waals surface area contributed by atoms with Crippen molar-refractivity contribution in [1.82, 2.24) is 0 Å². The second kappa shape index (κ2) is 10.4. The quantitative estimate of drug-likeness (QED) is 0.294. The standard InChI is InChI=1S/C22H28O9/c1-11(2)20(25)31-19-17-12(3)21(26)30-16(17)9-14(10-23)7-6-8-15(22(27)28-5)18(19)29-13(4)24/h8-9,11,16-19,23H,3,6-7,10H2,1-2,4-5H3/b14-9+,15-8+/t16-,17+,18+,19+/m1/s1. The second-order valence-electron chi connectivity index (χ2n) is 7.68. The van der Waals surface area contributed by atoms with E-state index < -0.39 is 54.0 Å². The number of hydrogen-bond acceptors (Lipinski definition) is 9. The first kappa shape index (κ1) is 24.3. The second-order valence-corrected chi connectivity index (χ2v) is 7.68. The molecule has 0 radical (unpaired) electrons. The number of esters is 4. The Morgan fingerprint density at radius 1 is 1.29 bits per heavy atom. The van der Waals surface area contributed by atoms with Crippen LogP contribution < -0.4 is 0 Å². The topological polar surface area (TPSA) is 125 Å². The lowest BCUT2D eigenvalue weighted by Crippen LogP contribution is -2.46. The highest BCUT2D eigenvalue weighted by Crippen LogP contribution is 2.38. The van der Waals surface area contributed by atoms with Crippen LogP contribution in [0.2, 0.25) is 0 Å². The minimum Gasteiger partial charge on any atom is -0.466 e. The van der Waals surface area contributed by atoms with Crippen molar-refractivity contribution >= 4 is 23.9 Å². The molecule has 31 heavy (non-hydrogen) atoms. The molecule has 0 aromatic rings. The minimum atomic E-state index is -1.35. The summed E-state index contributed by atoms with van der Waals surface area (Å²) in [5, 5.41) is 9.70. The van der Waals surface area contributed by atoms with Gasteiger partial charge in [-0.3, -0.25) is 9.59 Å². The summed E-state index contributed by atoms with van der Waals surface area (Å²) in [5.74, 6) is -4.32. The van der Waals surface area contributed by atoms with Crippen molar-refractivity contribution in [2.75, 3.05) is 13.7 Å². The predicted molar refractivity (Wildman–Crippen MR) is 107 cm³/mol. The normalized spacial score (nSPS) is 29.6. The van der Waals surface area contributed by atoms with Gasteiger partial charge >= 0.3 is 23.9 Å². The maximum atomic E-state index is 12.6. The molecule has 170 valence electrons. The lowest BCUT2D eigenvalue weighted by molar-refractivity contribution is -0.172. The Morgan fingerprint density at radius 2 is 1.97 bits per heavy atom. The Balaban J connectivity index is 2.70. The number of rotatable bonds is 5. The average Bonchev–Trinajstić information content (AvgIpc) is 2.99. The Bertz CT molecular complexity index is 821. The van der Waals surface area contributed by atoms with E-state index in [4.69, 9.17) is 18.9 Å². The van der Waals surface area contributed by atoms with E-state index >= 15 is 0 Å². The Labute approximate surface area is 180 Å². The highest BCUT2D eigenvalue weighted by Gasteiger charge is 2.50. The number of aliphatic hydroxyl groups is 1. The molecular formula is C22H28O9. The molecule has 0 spiro atoms. The summed E-state index contributed by atoms with van der Waals surface area (Å²) in [6.45, 7) is 7.87. The summed E-state index contributed by atoms with van der Waals surface area (Å²) in [6, 6.07) is 0. The molecule has 0 bridgehead atoms. The number of hydrogen-bond donors (Lipinski definition) is 1. The highest BCUT2D eigenvalue weighted by atomic mass is 16.6. The summed E-state index contributed by atoms with van der Waals surface area (Å²) < 4.78 is 21.4. The van der Waals surface area contributed by atoms with Crippen molar-refractivity contribution in [3.8, 4) is 0 Å². The van der Waals surface area contributed by atoms with Gasteiger partial charge in [-0.2, -0.15) is 0 Å². The Kier molecular flexibility index (Phi) is 8.15. The number of ether oxygens (including phenoxy) is 4. The third-order valence-electron chi connectivity index (χ3n) is 5.09. The highest BCUT2D eigenvalue weighted by molar-refractivity contribution is 5.92. The van der Waals surface area contributed by atoms with Crippen LogP contribution in [0.5, 0.6) is 0 Å². The van der Waals surface area contributed by atoms with E-state index in [1.165, 1.54) is 13.2 Å². The first-order chi connectivity index (χ1) is 14.6. The maximum absolute atomic E-state index is 12.6. The lowest BCUT2D eigenvalue weighted by Gasteiger charge is -2.33. The number of fused-ring (bicyclic) bond motifs is 1. The fraction of sp³-hybridized carbons (Fsp3) is 0.545. The van der Waals surface area contributed by atoms with Gasteiger partial charge in [-0.05, 0) is 24.5 Å². The fourth-order valence-corrected chi connectivity index (χ4v) is 3.50. The molecule has 1 N–H and O–H groups in total. The largest absolute Gasteiger partial charge is 0.466 e. The molecule has 2 aliphatic rings. The molecular weight excluding hydrogens is 408 g/mol. The van der Waals surface area contributed by atoms with Gasteiger partial charge in [-0.1, -0.05) is 26.5 Å². The van der Waals surface area contributed by atoms with Crippen molar-refractivity contribution in [1.29, 1.82) is 0 Å². The van der Waals surface area contributed by atoms with Crippen molar-refractivity contribution in [3.63, 3.8) is 0 Å². The predicted octanol–water partition coefficient (Wildman–Crippen LogP) is 1.40. The van der Waals surface area contributed by atoms with E-state index in [0.29, 0.717) is 18.4 Å². The third kappa shape index (κ3) is 5.61. The zero-order valence-corrected chi connectivity index (χ0v) is 18.1. The minimum absolute atomic E-state index is 0.00189. The molecule has 1 heterocycles. The van der Waals surface area contributed by atoms with Crippen LogP contribution in [0.1, 0.15) is 33.6 Å². The van der Waals surface area contributed by atoms with E-state index in [1.807, 2.05) is 0 Å². The molecule has 1 saturated heterocycles. The van der Waals surface area contributed by atoms with Gasteiger partial charge in [0.15, 0.2) is 12.2 Å². The van der Waals surface area contributed by atoms with Crippen LogP contribution in [0.15, 0.2) is 35.5 Å². The summed E-state index contributed by atoms with van der Waals surface area (Å²) >= 11 is 0. The molecule has 1 fully saturated rings. The first-order valence-electron chi connectivity index (χ1n) is 9.96. The molecule has 1 aliphatic heterocycles. The van der Waals surface area contributed by atoms with Gasteiger partial charge in [0.05, 0.1) is 31.1 Å². The third-order valence-corrected chi connectivity index (χ3v) is 5.09. The van der Waals surface area contributed by atoms with E-state index in [9.17, 15) is 24.3 Å². The molecule has 9 heteroatoms. The van der Waals surface area contributed by atoms with Crippen molar-refractivity contribution in [2.45, 2.75) is 51.9 Å². The molecule has 1 aliphatic carbocycles. The number of carbonyl (C=O) groups excluding carboxylic acids is 4. The van der Waals surface area contributed by atoms with Crippen molar-refractivity contribution in [2.24, 2.45) is 11.8 Å². The zero-order chi connectivity index (χ0) is 23.3. The van der Waals surface area contributed by atoms with Crippen molar-refractivity contribution in [3.05, 3.63) is 35.5 Å². The van der Waals surface area contributed by atoms with Gasteiger partial charge in [-0.15, -0.1) is 0 Å². The first-order valence-corrected chi connectivity index (χ1v) is 9.96. The van der Waals surface area contributed by atoms with Gasteiger partial charge in [0.2, 0.25) is 0 Å². The SMILES string of the molecule is C=C1C(=O)O[C@@H]2/C=C(/CO)CC/C=C(/C(=O)OC)[C@H](OC(C)=O)[C@@H](OC(=O)C(C)C)[C@@H]12. The van der Waals surface area contributed by atoms with Crippen molar-refractivity contribution < 1.29 is 43.2 Å². The summed E-state index contributed by atoms with van der Waals surface area (Å²) in [6.07, 6.45) is 0.178. The molecule has 4 atom stereocenters. The van der Waals surface area contributed by atoms with Crippen LogP contribution in [0, 0.1) is 11.8 Å². The van der Waals surface area contributed by atoms with Crippen LogP contribution in [-0.2, 0) is 38.1 Å². The zero-order valence-electron chi connectivity index (χ0n) is 18.1. The van der Waals surface area contributed by atoms with Crippen LogP contribution in [0.4, 0.5) is 0 Å². The van der Waals surface area contributed by atoms with Crippen LogP contribution in [0.3, 0.4) is 0 Å². The monoisotopic (exact) mass is 436 g/mol. The molecule has 2 rings (SSSR count). The van der Waals surface area contributed by atoms with Gasteiger partial charge in [0, 0.05) is 12.5 Å². The maximum Gasteiger partial charge on any atom is 0.337 e. The number of carbonyl (C=O) groups is 4. The molecule has 0 aromatic carbocycles. The van der Waals surface area contributed by atoms with E-state index in [-0.39, 0.29) is 17.8 Å². The molecule has 0 amide bonds.